The van der Waals surface area contributed by atoms with Crippen molar-refractivity contribution in [1.82, 2.24) is 9.88 Å². The van der Waals surface area contributed by atoms with Crippen LogP contribution in [0.25, 0.3) is 11.5 Å². The van der Waals surface area contributed by atoms with Gasteiger partial charge in [0.15, 0.2) is 0 Å². The summed E-state index contributed by atoms with van der Waals surface area (Å²) in [7, 11) is 4.17. The molecule has 0 saturated heterocycles. The second kappa shape index (κ2) is 10.2. The topological polar surface area (TPSA) is 58.7 Å². The van der Waals surface area contributed by atoms with Crippen molar-refractivity contribution in [2.24, 2.45) is 0 Å². The summed E-state index contributed by atoms with van der Waals surface area (Å²) in [5, 5.41) is 11.0. The van der Waals surface area contributed by atoms with Crippen molar-refractivity contribution in [3.05, 3.63) is 65.0 Å². The van der Waals surface area contributed by atoms with Crippen molar-refractivity contribution in [3.63, 3.8) is 0 Å². The van der Waals surface area contributed by atoms with E-state index in [9.17, 15) is 5.11 Å². The number of benzene rings is 2. The summed E-state index contributed by atoms with van der Waals surface area (Å²) in [6, 6.07) is 12.3. The van der Waals surface area contributed by atoms with Crippen LogP contribution < -0.4 is 4.74 Å². The van der Waals surface area contributed by atoms with E-state index < -0.39 is 0 Å². The molecular weight excluding hydrogens is 424 g/mol. The Morgan fingerprint density at radius 3 is 2.03 bits per heavy atom. The van der Waals surface area contributed by atoms with Crippen molar-refractivity contribution in [3.8, 4) is 23.0 Å². The highest BCUT2D eigenvalue weighted by Crippen LogP contribution is 2.41. The summed E-state index contributed by atoms with van der Waals surface area (Å²) in [6.07, 6.45) is 3.38. The lowest BCUT2D eigenvalue weighted by Crippen LogP contribution is -2.17. The van der Waals surface area contributed by atoms with E-state index in [1.54, 1.807) is 6.26 Å². The maximum absolute atomic E-state index is 11.0. The number of phenolic OH excluding ortho intramolecular Hbond substituents is 1. The van der Waals surface area contributed by atoms with Gasteiger partial charge in [-0.05, 0) is 61.2 Å². The summed E-state index contributed by atoms with van der Waals surface area (Å²) in [6.45, 7) is 14.2. The van der Waals surface area contributed by atoms with E-state index >= 15 is 0 Å². The van der Waals surface area contributed by atoms with Crippen LogP contribution in [-0.2, 0) is 23.7 Å². The Balaban J connectivity index is 1.69. The normalized spacial score (nSPS) is 12.4. The van der Waals surface area contributed by atoms with Crippen LogP contribution in [0.15, 0.2) is 47.1 Å². The lowest BCUT2D eigenvalue weighted by atomic mass is 9.78. The Labute approximate surface area is 204 Å². The standard InChI is InChI=1S/C29H40N2O3/c1-28(2,3)24-17-21(18-25(26(24)32)29(4,5)6)27-30-22(19-34-27)14-16-33-23-11-9-20(10-12-23)13-15-31(7)8/h9-12,17-19,32H,13-16H2,1-8H3. The molecule has 34 heavy (non-hydrogen) atoms. The fourth-order valence-electron chi connectivity index (χ4n) is 3.83. The molecule has 5 heteroatoms. The van der Waals surface area contributed by atoms with Crippen LogP contribution in [0.4, 0.5) is 0 Å². The molecule has 5 nitrogen and oxygen atoms in total. The van der Waals surface area contributed by atoms with Crippen molar-refractivity contribution in [2.75, 3.05) is 27.2 Å². The van der Waals surface area contributed by atoms with E-state index in [4.69, 9.17) is 14.1 Å². The Kier molecular flexibility index (Phi) is 7.77. The molecule has 184 valence electrons. The van der Waals surface area contributed by atoms with Gasteiger partial charge >= 0.3 is 0 Å². The lowest BCUT2D eigenvalue weighted by molar-refractivity contribution is 0.320. The number of hydrogen-bond donors (Lipinski definition) is 1. The number of aromatic hydroxyl groups is 1. The molecule has 0 amide bonds. The maximum atomic E-state index is 11.0. The van der Waals surface area contributed by atoms with Crippen LogP contribution in [0, 0.1) is 0 Å². The molecule has 1 heterocycles. The van der Waals surface area contributed by atoms with Gasteiger partial charge in [-0.25, -0.2) is 4.98 Å². The zero-order chi connectivity index (χ0) is 25.1. The molecular formula is C29H40N2O3. The molecule has 3 rings (SSSR count). The highest BCUT2D eigenvalue weighted by Gasteiger charge is 2.27. The molecule has 0 unspecified atom stereocenters. The van der Waals surface area contributed by atoms with Crippen LogP contribution in [0.3, 0.4) is 0 Å². The first-order valence-electron chi connectivity index (χ1n) is 12.0. The maximum Gasteiger partial charge on any atom is 0.226 e. The number of hydrogen-bond acceptors (Lipinski definition) is 5. The number of ether oxygens (including phenoxy) is 1. The molecule has 1 aromatic heterocycles. The molecule has 0 aliphatic carbocycles. The van der Waals surface area contributed by atoms with Gasteiger partial charge in [-0.1, -0.05) is 53.7 Å². The Bertz CT molecular complexity index is 1050. The van der Waals surface area contributed by atoms with Crippen LogP contribution >= 0.6 is 0 Å². The molecule has 0 fully saturated rings. The predicted molar refractivity (Wildman–Crippen MR) is 139 cm³/mol. The number of likely N-dealkylation sites (N-methyl/N-ethyl adjacent to an activating group) is 1. The molecule has 0 bridgehead atoms. The third kappa shape index (κ3) is 6.63. The number of rotatable bonds is 8. The first-order valence-corrected chi connectivity index (χ1v) is 12.0. The van der Waals surface area contributed by atoms with Gasteiger partial charge < -0.3 is 19.2 Å². The second-order valence-electron chi connectivity index (χ2n) is 11.4. The zero-order valence-corrected chi connectivity index (χ0v) is 22.0. The third-order valence-electron chi connectivity index (χ3n) is 5.92. The van der Waals surface area contributed by atoms with Gasteiger partial charge in [-0.2, -0.15) is 0 Å². The summed E-state index contributed by atoms with van der Waals surface area (Å²) >= 11 is 0. The van der Waals surface area contributed by atoms with Crippen LogP contribution in [0.5, 0.6) is 11.5 Å². The average molecular weight is 465 g/mol. The number of phenols is 1. The molecule has 0 radical (unpaired) electrons. The highest BCUT2D eigenvalue weighted by molar-refractivity contribution is 5.63. The molecule has 0 spiro atoms. The molecule has 0 aliphatic rings. The van der Waals surface area contributed by atoms with E-state index in [1.165, 1.54) is 5.56 Å². The van der Waals surface area contributed by atoms with E-state index in [-0.39, 0.29) is 10.8 Å². The van der Waals surface area contributed by atoms with Crippen molar-refractivity contribution >= 4 is 0 Å². The fraction of sp³-hybridized carbons (Fsp3) is 0.483. The Morgan fingerprint density at radius 2 is 1.50 bits per heavy atom. The number of oxazole rings is 1. The van der Waals surface area contributed by atoms with E-state index in [1.807, 2.05) is 24.3 Å². The third-order valence-corrected chi connectivity index (χ3v) is 5.92. The van der Waals surface area contributed by atoms with Gasteiger partial charge in [-0.3, -0.25) is 0 Å². The van der Waals surface area contributed by atoms with Gasteiger partial charge in [-0.15, -0.1) is 0 Å². The van der Waals surface area contributed by atoms with E-state index in [2.05, 4.69) is 72.7 Å². The number of nitrogens with zero attached hydrogens (tertiary/aromatic N) is 2. The summed E-state index contributed by atoms with van der Waals surface area (Å²) in [4.78, 5) is 6.89. The molecule has 1 N–H and O–H groups in total. The minimum absolute atomic E-state index is 0.203. The molecule has 3 aromatic rings. The summed E-state index contributed by atoms with van der Waals surface area (Å²) in [5.74, 6) is 1.79. The van der Waals surface area contributed by atoms with Crippen molar-refractivity contribution in [1.29, 1.82) is 0 Å². The minimum Gasteiger partial charge on any atom is -0.507 e. The second-order valence-corrected chi connectivity index (χ2v) is 11.4. The smallest absolute Gasteiger partial charge is 0.226 e. The van der Waals surface area contributed by atoms with Crippen LogP contribution in [-0.4, -0.2) is 42.2 Å². The molecule has 0 aliphatic heterocycles. The Morgan fingerprint density at radius 1 is 0.912 bits per heavy atom. The largest absolute Gasteiger partial charge is 0.507 e. The number of aromatic nitrogens is 1. The summed E-state index contributed by atoms with van der Waals surface area (Å²) in [5.41, 5.74) is 4.42. The van der Waals surface area contributed by atoms with Crippen LogP contribution in [0.1, 0.15) is 63.9 Å². The first kappa shape index (κ1) is 25.8. The lowest BCUT2D eigenvalue weighted by Gasteiger charge is -2.27. The van der Waals surface area contributed by atoms with Crippen molar-refractivity contribution < 1.29 is 14.3 Å². The average Bonchev–Trinajstić information content (AvgIpc) is 3.20. The van der Waals surface area contributed by atoms with Crippen molar-refractivity contribution in [2.45, 2.75) is 65.2 Å². The first-order chi connectivity index (χ1) is 15.8. The van der Waals surface area contributed by atoms with Gasteiger partial charge in [0.05, 0.1) is 12.3 Å². The molecule has 0 atom stereocenters. The van der Waals surface area contributed by atoms with E-state index in [0.717, 1.165) is 41.1 Å². The highest BCUT2D eigenvalue weighted by atomic mass is 16.5. The Hall–Kier alpha value is -2.79. The van der Waals surface area contributed by atoms with Gasteiger partial charge in [0.2, 0.25) is 5.89 Å². The van der Waals surface area contributed by atoms with Gasteiger partial charge in [0, 0.05) is 29.7 Å². The molecule has 0 saturated carbocycles. The quantitative estimate of drug-likeness (QED) is 0.420. The minimum atomic E-state index is -0.203. The predicted octanol–water partition coefficient (Wildman–Crippen LogP) is 6.37. The monoisotopic (exact) mass is 464 g/mol. The zero-order valence-electron chi connectivity index (χ0n) is 22.0. The van der Waals surface area contributed by atoms with E-state index in [0.29, 0.717) is 24.7 Å². The van der Waals surface area contributed by atoms with Crippen LogP contribution in [0.2, 0.25) is 0 Å². The fourth-order valence-corrected chi connectivity index (χ4v) is 3.83. The summed E-state index contributed by atoms with van der Waals surface area (Å²) < 4.78 is 11.8. The van der Waals surface area contributed by atoms with Gasteiger partial charge in [0.1, 0.15) is 17.8 Å². The van der Waals surface area contributed by atoms with Gasteiger partial charge in [0.25, 0.3) is 0 Å². The molecule has 2 aromatic carbocycles. The SMILES string of the molecule is CN(C)CCc1ccc(OCCc2coc(-c3cc(C(C)(C)C)c(O)c(C(C)(C)C)c3)n2)cc1.